The minimum absolute atomic E-state index is 0.203. The fourth-order valence-electron chi connectivity index (χ4n) is 1.82. The summed E-state index contributed by atoms with van der Waals surface area (Å²) >= 11 is 3.03. The molecule has 0 aliphatic heterocycles. The van der Waals surface area contributed by atoms with Gasteiger partial charge in [-0.15, -0.1) is 0 Å². The van der Waals surface area contributed by atoms with Crippen molar-refractivity contribution < 1.29 is 18.3 Å². The predicted molar refractivity (Wildman–Crippen MR) is 80.9 cm³/mol. The van der Waals surface area contributed by atoms with Gasteiger partial charge in [0, 0.05) is 18.7 Å². The summed E-state index contributed by atoms with van der Waals surface area (Å²) in [4.78, 5) is 0. The molecule has 0 saturated carbocycles. The summed E-state index contributed by atoms with van der Waals surface area (Å²) < 4.78 is 37.4. The van der Waals surface area contributed by atoms with Gasteiger partial charge in [0.25, 0.3) is 0 Å². The topological polar surface area (TPSA) is 30.5 Å². The van der Waals surface area contributed by atoms with Gasteiger partial charge in [-0.3, -0.25) is 0 Å². The fourth-order valence-corrected chi connectivity index (χ4v) is 2.17. The van der Waals surface area contributed by atoms with Gasteiger partial charge in [0.05, 0.1) is 24.4 Å². The van der Waals surface area contributed by atoms with Gasteiger partial charge in [-0.25, -0.2) is 8.78 Å². The smallest absolute Gasteiger partial charge is 0.149 e. The van der Waals surface area contributed by atoms with E-state index >= 15 is 0 Å². The summed E-state index contributed by atoms with van der Waals surface area (Å²) in [6.07, 6.45) is 0. The van der Waals surface area contributed by atoms with Crippen LogP contribution in [0, 0.1) is 11.6 Å². The van der Waals surface area contributed by atoms with E-state index in [2.05, 4.69) is 21.2 Å². The first-order chi connectivity index (χ1) is 10.0. The van der Waals surface area contributed by atoms with Crippen LogP contribution in [0.25, 0.3) is 0 Å². The molecule has 0 fully saturated rings. The molecule has 112 valence electrons. The minimum Gasteiger partial charge on any atom is -0.497 e. The quantitative estimate of drug-likeness (QED) is 0.806. The maximum absolute atomic E-state index is 13.7. The van der Waals surface area contributed by atoms with Crippen molar-refractivity contribution in [2.45, 2.75) is 6.54 Å². The third-order valence-electron chi connectivity index (χ3n) is 2.90. The van der Waals surface area contributed by atoms with Crippen molar-refractivity contribution in [3.63, 3.8) is 0 Å². The molecule has 0 saturated heterocycles. The monoisotopic (exact) mass is 357 g/mol. The van der Waals surface area contributed by atoms with Crippen molar-refractivity contribution in [1.29, 1.82) is 0 Å². The molecule has 6 heteroatoms. The normalized spacial score (nSPS) is 10.3. The van der Waals surface area contributed by atoms with E-state index in [-0.39, 0.29) is 10.2 Å². The lowest BCUT2D eigenvalue weighted by atomic mass is 10.2. The van der Waals surface area contributed by atoms with Gasteiger partial charge < -0.3 is 14.8 Å². The number of ether oxygens (including phenoxy) is 2. The summed E-state index contributed by atoms with van der Waals surface area (Å²) in [6, 6.07) is 7.57. The Morgan fingerprint density at radius 1 is 0.952 bits per heavy atom. The van der Waals surface area contributed by atoms with E-state index in [1.54, 1.807) is 20.3 Å². The van der Waals surface area contributed by atoms with Crippen LogP contribution in [0.4, 0.5) is 14.5 Å². The average Bonchev–Trinajstić information content (AvgIpc) is 2.49. The molecular weight excluding hydrogens is 344 g/mol. The van der Waals surface area contributed by atoms with Crippen molar-refractivity contribution in [2.24, 2.45) is 0 Å². The van der Waals surface area contributed by atoms with Gasteiger partial charge in [-0.2, -0.15) is 0 Å². The van der Waals surface area contributed by atoms with Gasteiger partial charge in [0.15, 0.2) is 0 Å². The average molecular weight is 358 g/mol. The number of anilines is 1. The maximum Gasteiger partial charge on any atom is 0.149 e. The molecule has 0 unspecified atom stereocenters. The zero-order valence-electron chi connectivity index (χ0n) is 11.5. The van der Waals surface area contributed by atoms with E-state index in [1.807, 2.05) is 12.1 Å². The zero-order valence-corrected chi connectivity index (χ0v) is 13.1. The molecule has 1 N–H and O–H groups in total. The van der Waals surface area contributed by atoms with Crippen LogP contribution in [-0.4, -0.2) is 14.2 Å². The van der Waals surface area contributed by atoms with Crippen LogP contribution < -0.4 is 14.8 Å². The lowest BCUT2D eigenvalue weighted by molar-refractivity contribution is 0.393. The minimum atomic E-state index is -0.648. The van der Waals surface area contributed by atoms with Gasteiger partial charge >= 0.3 is 0 Å². The molecule has 0 spiro atoms. The molecule has 0 aliphatic carbocycles. The van der Waals surface area contributed by atoms with Gasteiger partial charge in [-0.05, 0) is 39.7 Å². The Bertz CT molecular complexity index is 628. The second-order valence-electron chi connectivity index (χ2n) is 4.32. The van der Waals surface area contributed by atoms with E-state index in [1.165, 1.54) is 6.07 Å². The highest BCUT2D eigenvalue weighted by atomic mass is 79.9. The molecule has 0 amide bonds. The Balaban J connectivity index is 2.18. The Morgan fingerprint density at radius 2 is 1.57 bits per heavy atom. The Morgan fingerprint density at radius 3 is 2.14 bits per heavy atom. The van der Waals surface area contributed by atoms with Crippen LogP contribution in [0.5, 0.6) is 11.5 Å². The maximum atomic E-state index is 13.7. The first kappa shape index (κ1) is 15.6. The molecule has 2 aromatic rings. The lowest BCUT2D eigenvalue weighted by Crippen LogP contribution is -2.03. The van der Waals surface area contributed by atoms with Crippen molar-refractivity contribution in [2.75, 3.05) is 19.5 Å². The van der Waals surface area contributed by atoms with Crippen LogP contribution in [0.3, 0.4) is 0 Å². The Hall–Kier alpha value is -1.82. The first-order valence-corrected chi connectivity index (χ1v) is 6.93. The predicted octanol–water partition coefficient (Wildman–Crippen LogP) is 4.36. The molecule has 0 heterocycles. The van der Waals surface area contributed by atoms with Gasteiger partial charge in [0.1, 0.15) is 23.1 Å². The Labute approximate surface area is 130 Å². The summed E-state index contributed by atoms with van der Waals surface area (Å²) in [6.45, 7) is 0.350. The van der Waals surface area contributed by atoms with Crippen LogP contribution in [0.1, 0.15) is 5.56 Å². The summed E-state index contributed by atoms with van der Waals surface area (Å²) in [5.41, 5.74) is 1.07. The SMILES string of the molecule is COc1cc(CNc2cc(Br)c(F)cc2F)cc(OC)c1. The zero-order chi connectivity index (χ0) is 15.4. The van der Waals surface area contributed by atoms with E-state index < -0.39 is 11.6 Å². The molecule has 21 heavy (non-hydrogen) atoms. The molecular formula is C15H14BrF2NO2. The highest BCUT2D eigenvalue weighted by Crippen LogP contribution is 2.26. The third-order valence-corrected chi connectivity index (χ3v) is 3.51. The largest absolute Gasteiger partial charge is 0.497 e. The van der Waals surface area contributed by atoms with Gasteiger partial charge in [-0.1, -0.05) is 0 Å². The standard InChI is InChI=1S/C15H14BrF2NO2/c1-20-10-3-9(4-11(5-10)21-2)8-19-15-6-12(16)13(17)7-14(15)18/h3-7,19H,8H2,1-2H3. The number of hydrogen-bond donors (Lipinski definition) is 1. The molecule has 0 aliphatic rings. The number of nitrogens with one attached hydrogen (secondary N) is 1. The fraction of sp³-hybridized carbons (Fsp3) is 0.200. The number of rotatable bonds is 5. The van der Waals surface area contributed by atoms with Crippen molar-refractivity contribution in [3.8, 4) is 11.5 Å². The highest BCUT2D eigenvalue weighted by molar-refractivity contribution is 9.10. The van der Waals surface area contributed by atoms with Crippen molar-refractivity contribution in [1.82, 2.24) is 0 Å². The molecule has 0 bridgehead atoms. The van der Waals surface area contributed by atoms with Crippen LogP contribution in [0.2, 0.25) is 0 Å². The Kier molecular flexibility index (Phi) is 5.01. The lowest BCUT2D eigenvalue weighted by Gasteiger charge is -2.11. The van der Waals surface area contributed by atoms with Crippen LogP contribution in [-0.2, 0) is 6.54 Å². The summed E-state index contributed by atoms with van der Waals surface area (Å²) in [7, 11) is 3.12. The number of benzene rings is 2. The molecule has 0 radical (unpaired) electrons. The third kappa shape index (κ3) is 3.85. The van der Waals surface area contributed by atoms with E-state index in [4.69, 9.17) is 9.47 Å². The second-order valence-corrected chi connectivity index (χ2v) is 5.17. The summed E-state index contributed by atoms with van der Waals surface area (Å²) in [5, 5.41) is 2.92. The molecule has 0 aromatic heterocycles. The number of halogens is 3. The van der Waals surface area contributed by atoms with Crippen LogP contribution >= 0.6 is 15.9 Å². The number of methoxy groups -OCH3 is 2. The van der Waals surface area contributed by atoms with E-state index in [0.717, 1.165) is 11.6 Å². The second kappa shape index (κ2) is 6.76. The van der Waals surface area contributed by atoms with Crippen molar-refractivity contribution >= 4 is 21.6 Å². The first-order valence-electron chi connectivity index (χ1n) is 6.14. The number of hydrogen-bond acceptors (Lipinski definition) is 3. The van der Waals surface area contributed by atoms with Gasteiger partial charge in [0.2, 0.25) is 0 Å². The highest BCUT2D eigenvalue weighted by Gasteiger charge is 2.08. The molecule has 2 aromatic carbocycles. The van der Waals surface area contributed by atoms with E-state index in [0.29, 0.717) is 18.0 Å². The molecule has 0 atom stereocenters. The van der Waals surface area contributed by atoms with E-state index in [9.17, 15) is 8.78 Å². The summed E-state index contributed by atoms with van der Waals surface area (Å²) in [5.74, 6) is 0.00507. The van der Waals surface area contributed by atoms with Crippen molar-refractivity contribution in [3.05, 3.63) is 52.0 Å². The molecule has 2 rings (SSSR count). The van der Waals surface area contributed by atoms with Crippen LogP contribution in [0.15, 0.2) is 34.8 Å². The molecule has 3 nitrogen and oxygen atoms in total.